The molecular weight excluding hydrogens is 1110 g/mol. The van der Waals surface area contributed by atoms with Crippen molar-refractivity contribution in [3.05, 3.63) is 24.3 Å². The summed E-state index contributed by atoms with van der Waals surface area (Å²) < 4.78 is 5.50. The van der Waals surface area contributed by atoms with Crippen LogP contribution in [0.3, 0.4) is 0 Å². The van der Waals surface area contributed by atoms with E-state index in [4.69, 9.17) is 4.74 Å². The Morgan fingerprint density at radius 2 is 0.549 bits per heavy atom. The number of nitrogens with one attached hydrogen (secondary N) is 1. The molecule has 0 aliphatic rings. The third-order valence-corrected chi connectivity index (χ3v) is 20.0. The summed E-state index contributed by atoms with van der Waals surface area (Å²) in [4.78, 5) is 24.6. The molecule has 6 nitrogen and oxygen atoms in total. The van der Waals surface area contributed by atoms with Crippen LogP contribution in [0.5, 0.6) is 0 Å². The minimum absolute atomic E-state index is 0.0229. The van der Waals surface area contributed by atoms with Gasteiger partial charge in [-0.25, -0.2) is 0 Å². The van der Waals surface area contributed by atoms with Gasteiger partial charge in [0.2, 0.25) is 5.91 Å². The highest BCUT2D eigenvalue weighted by Gasteiger charge is 2.20. The van der Waals surface area contributed by atoms with Gasteiger partial charge in [0, 0.05) is 12.8 Å². The largest absolute Gasteiger partial charge is 0.466 e. The van der Waals surface area contributed by atoms with Crippen molar-refractivity contribution in [1.29, 1.82) is 0 Å². The van der Waals surface area contributed by atoms with Crippen molar-refractivity contribution < 1.29 is 24.5 Å². The SMILES string of the molecule is CCCCCCCCCCCCCCCCCCCCCCCCC(O)C(CO)NC(=O)CCCCCCCCCCCCCCCCCCC/C=C\C/C=C\CCCCCCCCCCCCCCCCCOC(=O)CCCCCCCCCCCCCCC. The van der Waals surface area contributed by atoms with Gasteiger partial charge in [0.15, 0.2) is 0 Å². The number of amides is 1. The van der Waals surface area contributed by atoms with Gasteiger partial charge in [-0.05, 0) is 57.8 Å². The Morgan fingerprint density at radius 3 is 0.835 bits per heavy atom. The molecule has 0 aromatic carbocycles. The highest BCUT2D eigenvalue weighted by molar-refractivity contribution is 5.76. The zero-order valence-electron chi connectivity index (χ0n) is 62.1. The molecule has 91 heavy (non-hydrogen) atoms. The molecule has 0 heterocycles. The summed E-state index contributed by atoms with van der Waals surface area (Å²) in [6, 6.07) is -0.540. The second kappa shape index (κ2) is 80.8. The Kier molecular flexibility index (Phi) is 79.3. The lowest BCUT2D eigenvalue weighted by molar-refractivity contribution is -0.143. The van der Waals surface area contributed by atoms with Gasteiger partial charge in [-0.15, -0.1) is 0 Å². The van der Waals surface area contributed by atoms with Crippen LogP contribution >= 0.6 is 0 Å². The monoisotopic (exact) mass is 1280 g/mol. The molecule has 0 saturated heterocycles. The van der Waals surface area contributed by atoms with E-state index in [1.807, 2.05) is 0 Å². The molecule has 0 bridgehead atoms. The van der Waals surface area contributed by atoms with E-state index < -0.39 is 12.1 Å². The molecule has 1 amide bonds. The average molecular weight is 1280 g/mol. The molecule has 2 unspecified atom stereocenters. The lowest BCUT2D eigenvalue weighted by Crippen LogP contribution is -2.45. The van der Waals surface area contributed by atoms with Gasteiger partial charge in [0.05, 0.1) is 25.4 Å². The summed E-state index contributed by atoms with van der Waals surface area (Å²) in [5.41, 5.74) is 0. The van der Waals surface area contributed by atoms with Gasteiger partial charge >= 0.3 is 5.97 Å². The van der Waals surface area contributed by atoms with E-state index >= 15 is 0 Å². The molecule has 0 aromatic rings. The molecule has 0 radical (unpaired) electrons. The Hall–Kier alpha value is -1.66. The van der Waals surface area contributed by atoms with Crippen molar-refractivity contribution in [1.82, 2.24) is 5.32 Å². The normalized spacial score (nSPS) is 12.5. The van der Waals surface area contributed by atoms with Crippen LogP contribution in [0.25, 0.3) is 0 Å². The first-order valence-corrected chi connectivity index (χ1v) is 42.1. The van der Waals surface area contributed by atoms with E-state index in [9.17, 15) is 19.8 Å². The quantitative estimate of drug-likeness (QED) is 0.0320. The van der Waals surface area contributed by atoms with Crippen molar-refractivity contribution in [3.63, 3.8) is 0 Å². The van der Waals surface area contributed by atoms with Crippen LogP contribution in [0.2, 0.25) is 0 Å². The topological polar surface area (TPSA) is 95.9 Å². The van der Waals surface area contributed by atoms with Crippen molar-refractivity contribution >= 4 is 11.9 Å². The summed E-state index contributed by atoms with van der Waals surface area (Å²) >= 11 is 0. The fourth-order valence-electron chi connectivity index (χ4n) is 13.6. The molecule has 0 aliphatic heterocycles. The smallest absolute Gasteiger partial charge is 0.305 e. The summed E-state index contributed by atoms with van der Waals surface area (Å²) in [7, 11) is 0. The van der Waals surface area contributed by atoms with Gasteiger partial charge in [-0.3, -0.25) is 9.59 Å². The Morgan fingerprint density at radius 1 is 0.308 bits per heavy atom. The summed E-state index contributed by atoms with van der Waals surface area (Å²) in [6.07, 6.45) is 104. The number of ether oxygens (including phenoxy) is 1. The van der Waals surface area contributed by atoms with E-state index in [1.165, 1.54) is 405 Å². The fourth-order valence-corrected chi connectivity index (χ4v) is 13.6. The van der Waals surface area contributed by atoms with Gasteiger partial charge in [0.25, 0.3) is 0 Å². The van der Waals surface area contributed by atoms with Crippen LogP contribution in [0.15, 0.2) is 24.3 Å². The summed E-state index contributed by atoms with van der Waals surface area (Å²) in [5.74, 6) is -0.00318. The summed E-state index contributed by atoms with van der Waals surface area (Å²) in [6.45, 7) is 5.01. The minimum Gasteiger partial charge on any atom is -0.466 e. The molecular formula is C85H165NO5. The molecule has 0 rings (SSSR count). The molecule has 0 aliphatic carbocycles. The number of allylic oxidation sites excluding steroid dienone is 4. The number of carbonyl (C=O) groups excluding carboxylic acids is 2. The zero-order chi connectivity index (χ0) is 65.6. The maximum atomic E-state index is 12.6. The molecule has 0 fully saturated rings. The third kappa shape index (κ3) is 77.2. The first-order valence-electron chi connectivity index (χ1n) is 42.1. The standard InChI is InChI=1S/C85H165NO5/c1-3-5-7-9-11-13-15-17-18-19-20-21-41-44-47-50-54-57-61-65-69-73-77-83(88)82(81-87)86-84(89)78-74-70-66-62-58-55-51-48-45-42-39-37-35-33-31-29-27-25-23-22-24-26-28-30-32-34-36-38-40-43-46-49-52-56-60-64-68-72-76-80-91-85(90)79-75-71-67-63-59-53-16-14-12-10-8-6-4-2/h22-23,26,28,82-83,87-88H,3-21,24-25,27,29-81H2,1-2H3,(H,86,89)/b23-22-,28-26-. The van der Waals surface area contributed by atoms with E-state index in [0.29, 0.717) is 25.9 Å². The predicted octanol–water partition coefficient (Wildman–Crippen LogP) is 28.0. The first kappa shape index (κ1) is 89.3. The van der Waals surface area contributed by atoms with Gasteiger partial charge in [0.1, 0.15) is 0 Å². The van der Waals surface area contributed by atoms with E-state index in [-0.39, 0.29) is 18.5 Å². The fraction of sp³-hybridized carbons (Fsp3) is 0.929. The maximum Gasteiger partial charge on any atom is 0.305 e. The molecule has 3 N–H and O–H groups in total. The third-order valence-electron chi connectivity index (χ3n) is 20.0. The van der Waals surface area contributed by atoms with E-state index in [0.717, 1.165) is 44.9 Å². The number of aliphatic hydroxyl groups is 2. The number of hydrogen-bond acceptors (Lipinski definition) is 5. The first-order chi connectivity index (χ1) is 45.0. The van der Waals surface area contributed by atoms with Gasteiger partial charge in [-0.1, -0.05) is 436 Å². The molecule has 540 valence electrons. The molecule has 0 aromatic heterocycles. The highest BCUT2D eigenvalue weighted by Crippen LogP contribution is 2.21. The average Bonchev–Trinajstić information content (AvgIpc) is 3.75. The van der Waals surface area contributed by atoms with E-state index in [2.05, 4.69) is 43.5 Å². The van der Waals surface area contributed by atoms with Crippen molar-refractivity contribution in [3.8, 4) is 0 Å². The zero-order valence-corrected chi connectivity index (χ0v) is 62.1. The predicted molar refractivity (Wildman–Crippen MR) is 403 cm³/mol. The van der Waals surface area contributed by atoms with Crippen molar-refractivity contribution in [2.75, 3.05) is 13.2 Å². The molecule has 0 saturated carbocycles. The second-order valence-electron chi connectivity index (χ2n) is 29.2. The molecule has 2 atom stereocenters. The van der Waals surface area contributed by atoms with Gasteiger partial charge < -0.3 is 20.3 Å². The Labute approximate surface area is 571 Å². The number of aliphatic hydroxyl groups excluding tert-OH is 2. The molecule has 0 spiro atoms. The Balaban J connectivity index is 3.35. The van der Waals surface area contributed by atoms with Crippen molar-refractivity contribution in [2.45, 2.75) is 495 Å². The molecule has 6 heteroatoms. The van der Waals surface area contributed by atoms with E-state index in [1.54, 1.807) is 0 Å². The van der Waals surface area contributed by atoms with Crippen LogP contribution < -0.4 is 5.32 Å². The lowest BCUT2D eigenvalue weighted by atomic mass is 10.0. The number of esters is 1. The highest BCUT2D eigenvalue weighted by atomic mass is 16.5. The number of hydrogen-bond donors (Lipinski definition) is 3. The van der Waals surface area contributed by atoms with Crippen LogP contribution in [-0.4, -0.2) is 47.4 Å². The van der Waals surface area contributed by atoms with Crippen molar-refractivity contribution in [2.24, 2.45) is 0 Å². The van der Waals surface area contributed by atoms with Crippen LogP contribution in [0, 0.1) is 0 Å². The number of rotatable bonds is 80. The lowest BCUT2D eigenvalue weighted by Gasteiger charge is -2.22. The van der Waals surface area contributed by atoms with Crippen LogP contribution in [0.1, 0.15) is 483 Å². The second-order valence-corrected chi connectivity index (χ2v) is 29.2. The maximum absolute atomic E-state index is 12.6. The van der Waals surface area contributed by atoms with Gasteiger partial charge in [-0.2, -0.15) is 0 Å². The van der Waals surface area contributed by atoms with Crippen LogP contribution in [-0.2, 0) is 14.3 Å². The number of unbranched alkanes of at least 4 members (excludes halogenated alkanes) is 65. The van der Waals surface area contributed by atoms with Crippen LogP contribution in [0.4, 0.5) is 0 Å². The number of carbonyl (C=O) groups is 2. The minimum atomic E-state index is -0.663. The summed E-state index contributed by atoms with van der Waals surface area (Å²) in [5, 5.41) is 23.5. The Bertz CT molecular complexity index is 1430.